The van der Waals surface area contributed by atoms with Crippen molar-refractivity contribution in [3.05, 3.63) is 47.5 Å². The number of carbonyl (C=O) groups excluding carboxylic acids is 2. The average Bonchev–Trinajstić information content (AvgIpc) is 2.76. The van der Waals surface area contributed by atoms with Crippen LogP contribution in [0, 0.1) is 0 Å². The Kier molecular flexibility index (Phi) is 7.84. The molecule has 0 fully saturated rings. The molecule has 154 valence electrons. The third-order valence-electron chi connectivity index (χ3n) is 3.83. The van der Waals surface area contributed by atoms with Gasteiger partial charge in [-0.3, -0.25) is 9.59 Å². The first-order valence-electron chi connectivity index (χ1n) is 8.56. The molecule has 0 bridgehead atoms. The number of nitrogens with one attached hydrogen (secondary N) is 2. The van der Waals surface area contributed by atoms with E-state index >= 15 is 0 Å². The average molecular weight is 401 g/mol. The van der Waals surface area contributed by atoms with Crippen molar-refractivity contribution in [2.45, 2.75) is 0 Å². The van der Waals surface area contributed by atoms with Crippen LogP contribution in [0.25, 0.3) is 0 Å². The van der Waals surface area contributed by atoms with Gasteiger partial charge in [-0.1, -0.05) is 12.1 Å². The zero-order chi connectivity index (χ0) is 21.2. The molecule has 2 amide bonds. The summed E-state index contributed by atoms with van der Waals surface area (Å²) in [6.45, 7) is -0.259. The molecule has 0 heterocycles. The van der Waals surface area contributed by atoms with E-state index < -0.39 is 11.8 Å². The first-order chi connectivity index (χ1) is 14.0. The fraction of sp³-hybridized carbons (Fsp3) is 0.250. The lowest BCUT2D eigenvalue weighted by molar-refractivity contribution is -0.120. The normalized spacial score (nSPS) is 10.3. The van der Waals surface area contributed by atoms with Gasteiger partial charge in [-0.2, -0.15) is 5.10 Å². The van der Waals surface area contributed by atoms with Crippen molar-refractivity contribution in [2.75, 3.05) is 35.0 Å². The predicted molar refractivity (Wildman–Crippen MR) is 107 cm³/mol. The highest BCUT2D eigenvalue weighted by molar-refractivity contribution is 5.97. The molecule has 2 aromatic carbocycles. The molecule has 0 atom stereocenters. The van der Waals surface area contributed by atoms with Gasteiger partial charge in [-0.05, 0) is 29.8 Å². The summed E-state index contributed by atoms with van der Waals surface area (Å²) in [6.07, 6.45) is 1.47. The van der Waals surface area contributed by atoms with E-state index in [1.165, 1.54) is 39.7 Å². The number of benzene rings is 2. The third kappa shape index (κ3) is 5.86. The maximum atomic E-state index is 12.4. The van der Waals surface area contributed by atoms with Crippen molar-refractivity contribution in [3.8, 4) is 23.0 Å². The summed E-state index contributed by atoms with van der Waals surface area (Å²) in [5.74, 6) is 0.767. The molecule has 0 unspecified atom stereocenters. The van der Waals surface area contributed by atoms with Crippen molar-refractivity contribution >= 4 is 18.0 Å². The number of rotatable bonds is 9. The molecule has 0 aliphatic rings. The van der Waals surface area contributed by atoms with Crippen molar-refractivity contribution in [3.63, 3.8) is 0 Å². The second-order valence-corrected chi connectivity index (χ2v) is 5.67. The van der Waals surface area contributed by atoms with Gasteiger partial charge in [0.05, 0.1) is 41.2 Å². The Hall–Kier alpha value is -3.75. The molecule has 0 saturated carbocycles. The summed E-state index contributed by atoms with van der Waals surface area (Å²) in [6, 6.07) is 10.2. The summed E-state index contributed by atoms with van der Waals surface area (Å²) in [5, 5.41) is 6.37. The van der Waals surface area contributed by atoms with Crippen LogP contribution in [0.3, 0.4) is 0 Å². The van der Waals surface area contributed by atoms with E-state index in [1.807, 2.05) is 6.07 Å². The number of nitrogens with zero attached hydrogens (tertiary/aromatic N) is 1. The van der Waals surface area contributed by atoms with Crippen molar-refractivity contribution in [1.82, 2.24) is 10.7 Å². The number of amides is 2. The molecule has 0 spiro atoms. The fourth-order valence-corrected chi connectivity index (χ4v) is 2.41. The molecule has 0 aliphatic carbocycles. The van der Waals surface area contributed by atoms with Crippen molar-refractivity contribution in [1.29, 1.82) is 0 Å². The van der Waals surface area contributed by atoms with Gasteiger partial charge in [0.25, 0.3) is 11.8 Å². The lowest BCUT2D eigenvalue weighted by atomic mass is 10.1. The van der Waals surface area contributed by atoms with Crippen molar-refractivity contribution < 1.29 is 28.5 Å². The highest BCUT2D eigenvalue weighted by atomic mass is 16.5. The largest absolute Gasteiger partial charge is 0.497 e. The number of hydrogen-bond donors (Lipinski definition) is 2. The summed E-state index contributed by atoms with van der Waals surface area (Å²) >= 11 is 0. The Morgan fingerprint density at radius 1 is 0.966 bits per heavy atom. The van der Waals surface area contributed by atoms with Gasteiger partial charge in [-0.25, -0.2) is 5.43 Å². The van der Waals surface area contributed by atoms with Crippen molar-refractivity contribution in [2.24, 2.45) is 5.10 Å². The van der Waals surface area contributed by atoms with E-state index in [2.05, 4.69) is 15.8 Å². The Morgan fingerprint density at radius 2 is 1.66 bits per heavy atom. The van der Waals surface area contributed by atoms with Crippen LogP contribution < -0.4 is 29.7 Å². The van der Waals surface area contributed by atoms with E-state index in [-0.39, 0.29) is 12.1 Å². The maximum Gasteiger partial charge on any atom is 0.259 e. The number of carbonyl (C=O) groups is 2. The summed E-state index contributed by atoms with van der Waals surface area (Å²) in [4.78, 5) is 24.3. The zero-order valence-corrected chi connectivity index (χ0v) is 16.6. The number of methoxy groups -OCH3 is 4. The van der Waals surface area contributed by atoms with E-state index in [1.54, 1.807) is 25.3 Å². The van der Waals surface area contributed by atoms with Crippen LogP contribution in [-0.2, 0) is 4.79 Å². The summed E-state index contributed by atoms with van der Waals surface area (Å²) < 4.78 is 20.8. The van der Waals surface area contributed by atoms with E-state index in [9.17, 15) is 9.59 Å². The highest BCUT2D eigenvalue weighted by Gasteiger charge is 2.17. The quantitative estimate of drug-likeness (QED) is 0.488. The van der Waals surface area contributed by atoms with Gasteiger partial charge < -0.3 is 24.3 Å². The first-order valence-corrected chi connectivity index (χ1v) is 8.56. The van der Waals surface area contributed by atoms with Crippen LogP contribution in [0.1, 0.15) is 15.9 Å². The molecule has 0 radical (unpaired) electrons. The zero-order valence-electron chi connectivity index (χ0n) is 16.6. The minimum absolute atomic E-state index is 0.257. The SMILES string of the molecule is COc1cccc(/C=N\NC(=O)CNC(=O)c2cc(OC)c(OC)c(OC)c2)c1. The minimum atomic E-state index is -0.482. The van der Waals surface area contributed by atoms with Gasteiger partial charge >= 0.3 is 0 Å². The Morgan fingerprint density at radius 3 is 2.24 bits per heavy atom. The van der Waals surface area contributed by atoms with Crippen LogP contribution in [-0.4, -0.2) is 53.0 Å². The molecule has 0 aliphatic heterocycles. The van der Waals surface area contributed by atoms with Gasteiger partial charge in [0.1, 0.15) is 5.75 Å². The topological polar surface area (TPSA) is 107 Å². The molecule has 2 N–H and O–H groups in total. The molecule has 2 aromatic rings. The van der Waals surface area contributed by atoms with Crippen LogP contribution in [0.15, 0.2) is 41.5 Å². The smallest absolute Gasteiger partial charge is 0.259 e. The molecule has 0 aromatic heterocycles. The predicted octanol–water partition coefficient (Wildman–Crippen LogP) is 1.60. The summed E-state index contributed by atoms with van der Waals surface area (Å²) in [5.41, 5.74) is 3.36. The fourth-order valence-electron chi connectivity index (χ4n) is 2.41. The number of hydrogen-bond acceptors (Lipinski definition) is 7. The van der Waals surface area contributed by atoms with E-state index in [0.29, 0.717) is 23.0 Å². The van der Waals surface area contributed by atoms with Crippen LogP contribution in [0.4, 0.5) is 0 Å². The monoisotopic (exact) mass is 401 g/mol. The highest BCUT2D eigenvalue weighted by Crippen LogP contribution is 2.38. The molecule has 29 heavy (non-hydrogen) atoms. The van der Waals surface area contributed by atoms with E-state index in [4.69, 9.17) is 18.9 Å². The minimum Gasteiger partial charge on any atom is -0.497 e. The molecule has 9 nitrogen and oxygen atoms in total. The standard InChI is InChI=1S/C20H23N3O6/c1-26-15-7-5-6-13(8-15)11-22-23-18(24)12-21-20(25)14-9-16(27-2)19(29-4)17(10-14)28-3/h5-11H,12H2,1-4H3,(H,21,25)(H,23,24)/b22-11-. The van der Waals surface area contributed by atoms with Crippen LogP contribution in [0.2, 0.25) is 0 Å². The second-order valence-electron chi connectivity index (χ2n) is 5.67. The van der Waals surface area contributed by atoms with E-state index in [0.717, 1.165) is 5.56 Å². The first kappa shape index (κ1) is 21.5. The Balaban J connectivity index is 1.94. The van der Waals surface area contributed by atoms with Gasteiger partial charge in [-0.15, -0.1) is 0 Å². The molecular weight excluding hydrogens is 378 g/mol. The lowest BCUT2D eigenvalue weighted by Gasteiger charge is -2.14. The Bertz CT molecular complexity index is 873. The summed E-state index contributed by atoms with van der Waals surface area (Å²) in [7, 11) is 5.94. The lowest BCUT2D eigenvalue weighted by Crippen LogP contribution is -2.34. The number of ether oxygens (including phenoxy) is 4. The number of hydrazone groups is 1. The molecule has 0 saturated heterocycles. The van der Waals surface area contributed by atoms with Gasteiger partial charge in [0.15, 0.2) is 11.5 Å². The van der Waals surface area contributed by atoms with Crippen LogP contribution >= 0.6 is 0 Å². The van der Waals surface area contributed by atoms with Crippen LogP contribution in [0.5, 0.6) is 23.0 Å². The van der Waals surface area contributed by atoms with Gasteiger partial charge in [0, 0.05) is 5.56 Å². The second kappa shape index (κ2) is 10.5. The molecule has 9 heteroatoms. The molecular formula is C20H23N3O6. The molecule has 2 rings (SSSR count). The Labute approximate surface area is 168 Å². The maximum absolute atomic E-state index is 12.4. The third-order valence-corrected chi connectivity index (χ3v) is 3.83. The van der Waals surface area contributed by atoms with Gasteiger partial charge in [0.2, 0.25) is 5.75 Å².